The molecule has 1 atom stereocenters. The lowest BCUT2D eigenvalue weighted by Gasteiger charge is -2.37. The molecule has 0 spiro atoms. The number of amides is 2. The Morgan fingerprint density at radius 3 is 2.48 bits per heavy atom. The lowest BCUT2D eigenvalue weighted by atomic mass is 9.93. The van der Waals surface area contributed by atoms with E-state index in [1.54, 1.807) is 17.0 Å². The standard InChI is InChI=1S/C20H26F2N2O3/c1-14-8-11-23(12-9-14)18(25)15-5-4-10-24(13-15)19(26)16-6-2-3-7-17(16)27-20(21)22/h2-3,6-7,14-15,20H,4-5,8-13H2,1H3. The predicted molar refractivity (Wildman–Crippen MR) is 96.7 cm³/mol. The van der Waals surface area contributed by atoms with Gasteiger partial charge in [0.15, 0.2) is 0 Å². The number of alkyl halides is 2. The quantitative estimate of drug-likeness (QED) is 0.804. The maximum atomic E-state index is 12.9. The van der Waals surface area contributed by atoms with Crippen molar-refractivity contribution < 1.29 is 23.1 Å². The molecule has 2 aliphatic heterocycles. The van der Waals surface area contributed by atoms with Gasteiger partial charge in [-0.2, -0.15) is 8.78 Å². The number of likely N-dealkylation sites (tertiary alicyclic amines) is 2. The molecule has 0 N–H and O–H groups in total. The Balaban J connectivity index is 1.67. The number of carbonyl (C=O) groups excluding carboxylic acids is 2. The molecule has 1 aromatic rings. The second kappa shape index (κ2) is 8.67. The van der Waals surface area contributed by atoms with Crippen LogP contribution in [0.25, 0.3) is 0 Å². The highest BCUT2D eigenvalue weighted by molar-refractivity contribution is 5.97. The molecule has 27 heavy (non-hydrogen) atoms. The molecular formula is C20H26F2N2O3. The summed E-state index contributed by atoms with van der Waals surface area (Å²) >= 11 is 0. The second-order valence-electron chi connectivity index (χ2n) is 7.47. The first-order valence-corrected chi connectivity index (χ1v) is 9.57. The minimum Gasteiger partial charge on any atom is -0.434 e. The third kappa shape index (κ3) is 4.76. The van der Waals surface area contributed by atoms with Crippen LogP contribution in [-0.4, -0.2) is 54.4 Å². The van der Waals surface area contributed by atoms with Crippen LogP contribution in [0.5, 0.6) is 5.75 Å². The van der Waals surface area contributed by atoms with Crippen LogP contribution in [0.3, 0.4) is 0 Å². The largest absolute Gasteiger partial charge is 0.434 e. The lowest BCUT2D eigenvalue weighted by molar-refractivity contribution is -0.138. The van der Waals surface area contributed by atoms with Crippen molar-refractivity contribution >= 4 is 11.8 Å². The van der Waals surface area contributed by atoms with Crippen LogP contribution in [-0.2, 0) is 4.79 Å². The van der Waals surface area contributed by atoms with Crippen molar-refractivity contribution in [2.45, 2.75) is 39.2 Å². The Kier molecular flexibility index (Phi) is 6.29. The van der Waals surface area contributed by atoms with Crippen LogP contribution in [0.15, 0.2) is 24.3 Å². The molecule has 0 aliphatic carbocycles. The molecule has 2 fully saturated rings. The maximum absolute atomic E-state index is 12.9. The fraction of sp³-hybridized carbons (Fsp3) is 0.600. The van der Waals surface area contributed by atoms with E-state index in [9.17, 15) is 18.4 Å². The highest BCUT2D eigenvalue weighted by Gasteiger charge is 2.33. The topological polar surface area (TPSA) is 49.9 Å². The second-order valence-corrected chi connectivity index (χ2v) is 7.47. The van der Waals surface area contributed by atoms with Gasteiger partial charge in [0, 0.05) is 26.2 Å². The molecule has 2 aliphatic rings. The van der Waals surface area contributed by atoms with Gasteiger partial charge in [-0.25, -0.2) is 0 Å². The number of ether oxygens (including phenoxy) is 1. The van der Waals surface area contributed by atoms with E-state index >= 15 is 0 Å². The van der Waals surface area contributed by atoms with Gasteiger partial charge < -0.3 is 14.5 Å². The Morgan fingerprint density at radius 2 is 1.78 bits per heavy atom. The zero-order chi connectivity index (χ0) is 19.4. The van der Waals surface area contributed by atoms with Crippen molar-refractivity contribution in [3.8, 4) is 5.75 Å². The van der Waals surface area contributed by atoms with Crippen LogP contribution in [0.2, 0.25) is 0 Å². The van der Waals surface area contributed by atoms with Gasteiger partial charge in [0.2, 0.25) is 5.91 Å². The molecule has 2 heterocycles. The summed E-state index contributed by atoms with van der Waals surface area (Å²) in [5.41, 5.74) is 0.109. The number of benzene rings is 1. The number of piperidine rings is 2. The van der Waals surface area contributed by atoms with E-state index in [0.717, 1.165) is 38.8 Å². The Bertz CT molecular complexity index is 675. The van der Waals surface area contributed by atoms with Gasteiger partial charge in [0.25, 0.3) is 5.91 Å². The van der Waals surface area contributed by atoms with Crippen LogP contribution >= 0.6 is 0 Å². The van der Waals surface area contributed by atoms with Crippen LogP contribution < -0.4 is 4.74 Å². The van der Waals surface area contributed by atoms with Crippen molar-refractivity contribution in [2.75, 3.05) is 26.2 Å². The highest BCUT2D eigenvalue weighted by atomic mass is 19.3. The molecular weight excluding hydrogens is 354 g/mol. The van der Waals surface area contributed by atoms with Crippen molar-refractivity contribution in [2.24, 2.45) is 11.8 Å². The van der Waals surface area contributed by atoms with E-state index in [1.807, 2.05) is 4.90 Å². The number of hydrogen-bond donors (Lipinski definition) is 0. The SMILES string of the molecule is CC1CCN(C(=O)C2CCCN(C(=O)c3ccccc3OC(F)F)C2)CC1. The van der Waals surface area contributed by atoms with E-state index in [1.165, 1.54) is 12.1 Å². The monoisotopic (exact) mass is 380 g/mol. The average Bonchev–Trinajstić information content (AvgIpc) is 2.67. The smallest absolute Gasteiger partial charge is 0.387 e. The van der Waals surface area contributed by atoms with Gasteiger partial charge in [0.1, 0.15) is 5.75 Å². The maximum Gasteiger partial charge on any atom is 0.387 e. The highest BCUT2D eigenvalue weighted by Crippen LogP contribution is 2.27. The number of nitrogens with zero attached hydrogens (tertiary/aromatic N) is 2. The van der Waals surface area contributed by atoms with Crippen LogP contribution in [0.1, 0.15) is 43.0 Å². The van der Waals surface area contributed by atoms with E-state index in [-0.39, 0.29) is 29.0 Å². The zero-order valence-electron chi connectivity index (χ0n) is 15.6. The number of carbonyl (C=O) groups is 2. The predicted octanol–water partition coefficient (Wildman–Crippen LogP) is 3.40. The Labute approximate surface area is 158 Å². The van der Waals surface area contributed by atoms with E-state index < -0.39 is 6.61 Å². The summed E-state index contributed by atoms with van der Waals surface area (Å²) in [4.78, 5) is 29.2. The molecule has 5 nitrogen and oxygen atoms in total. The first-order valence-electron chi connectivity index (χ1n) is 9.57. The van der Waals surface area contributed by atoms with E-state index in [0.29, 0.717) is 19.0 Å². The van der Waals surface area contributed by atoms with E-state index in [4.69, 9.17) is 0 Å². The van der Waals surface area contributed by atoms with Crippen molar-refractivity contribution in [3.05, 3.63) is 29.8 Å². The molecule has 148 valence electrons. The van der Waals surface area contributed by atoms with Gasteiger partial charge in [-0.15, -0.1) is 0 Å². The van der Waals surface area contributed by atoms with Crippen LogP contribution in [0, 0.1) is 11.8 Å². The number of hydrogen-bond acceptors (Lipinski definition) is 3. The first kappa shape index (κ1) is 19.6. The van der Waals surface area contributed by atoms with Gasteiger partial charge in [-0.1, -0.05) is 19.1 Å². The third-order valence-electron chi connectivity index (χ3n) is 5.49. The number of halogens is 2. The molecule has 2 amide bonds. The summed E-state index contributed by atoms with van der Waals surface area (Å²) in [6.07, 6.45) is 3.51. The minimum atomic E-state index is -2.99. The van der Waals surface area contributed by atoms with Crippen molar-refractivity contribution in [3.63, 3.8) is 0 Å². The van der Waals surface area contributed by atoms with Gasteiger partial charge in [-0.05, 0) is 43.7 Å². The fourth-order valence-corrected chi connectivity index (χ4v) is 3.86. The molecule has 0 radical (unpaired) electrons. The molecule has 1 aromatic carbocycles. The third-order valence-corrected chi connectivity index (χ3v) is 5.49. The summed E-state index contributed by atoms with van der Waals surface area (Å²) in [6.45, 7) is 1.60. The summed E-state index contributed by atoms with van der Waals surface area (Å²) in [5, 5.41) is 0. The van der Waals surface area contributed by atoms with Crippen molar-refractivity contribution in [1.29, 1.82) is 0 Å². The summed E-state index contributed by atoms with van der Waals surface area (Å²) in [7, 11) is 0. The molecule has 1 unspecified atom stereocenters. The van der Waals surface area contributed by atoms with Gasteiger partial charge in [-0.3, -0.25) is 9.59 Å². The number of rotatable bonds is 4. The normalized spacial score (nSPS) is 21.4. The average molecular weight is 380 g/mol. The molecule has 0 aromatic heterocycles. The van der Waals surface area contributed by atoms with Crippen molar-refractivity contribution in [1.82, 2.24) is 9.80 Å². The summed E-state index contributed by atoms with van der Waals surface area (Å²) in [5.74, 6) is 0.0348. The lowest BCUT2D eigenvalue weighted by Crippen LogP contribution is -2.48. The molecule has 0 bridgehead atoms. The Morgan fingerprint density at radius 1 is 1.07 bits per heavy atom. The Hall–Kier alpha value is -2.18. The summed E-state index contributed by atoms with van der Waals surface area (Å²) < 4.78 is 29.7. The summed E-state index contributed by atoms with van der Waals surface area (Å²) in [6, 6.07) is 6.01. The molecule has 7 heteroatoms. The first-order chi connectivity index (χ1) is 13.0. The van der Waals surface area contributed by atoms with Gasteiger partial charge >= 0.3 is 6.61 Å². The molecule has 0 saturated carbocycles. The molecule has 2 saturated heterocycles. The minimum absolute atomic E-state index is 0.108. The number of para-hydroxylation sites is 1. The van der Waals surface area contributed by atoms with Gasteiger partial charge in [0.05, 0.1) is 11.5 Å². The fourth-order valence-electron chi connectivity index (χ4n) is 3.86. The molecule has 3 rings (SSSR count). The zero-order valence-corrected chi connectivity index (χ0v) is 15.6. The van der Waals surface area contributed by atoms with Crippen LogP contribution in [0.4, 0.5) is 8.78 Å². The van der Waals surface area contributed by atoms with E-state index in [2.05, 4.69) is 11.7 Å².